The van der Waals surface area contributed by atoms with Crippen LogP contribution in [0.2, 0.25) is 0 Å². The molecule has 2 aromatic rings. The number of nitrogens with one attached hydrogen (secondary N) is 1. The third kappa shape index (κ3) is 1.98. The first-order valence-electron chi connectivity index (χ1n) is 7.83. The lowest BCUT2D eigenvalue weighted by Crippen LogP contribution is -2.32. The quantitative estimate of drug-likeness (QED) is 0.672. The van der Waals surface area contributed by atoms with E-state index < -0.39 is 0 Å². The molecule has 22 heavy (non-hydrogen) atoms. The molecule has 6 heteroatoms. The topological polar surface area (TPSA) is 73.0 Å². The van der Waals surface area contributed by atoms with Gasteiger partial charge in [-0.05, 0) is 24.8 Å². The maximum absolute atomic E-state index is 11.4. The van der Waals surface area contributed by atoms with Crippen LogP contribution < -0.4 is 5.32 Å². The van der Waals surface area contributed by atoms with Gasteiger partial charge in [-0.1, -0.05) is 37.5 Å². The van der Waals surface area contributed by atoms with Crippen LogP contribution in [0.5, 0.6) is 0 Å². The molecule has 0 amide bonds. The van der Waals surface area contributed by atoms with E-state index in [-0.39, 0.29) is 16.8 Å². The number of nitro groups is 1. The Bertz CT molecular complexity index is 719. The van der Waals surface area contributed by atoms with E-state index in [2.05, 4.69) is 10.4 Å². The van der Waals surface area contributed by atoms with Gasteiger partial charge >= 0.3 is 5.69 Å². The smallest absolute Gasteiger partial charge is 0.315 e. The van der Waals surface area contributed by atoms with Crippen molar-refractivity contribution in [3.05, 3.63) is 40.6 Å². The SMILES string of the molecule is O=[N+]([O-])c1cnn2c1-c1ccccc1NC2C1CCCCC1. The highest BCUT2D eigenvalue weighted by atomic mass is 16.6. The van der Waals surface area contributed by atoms with E-state index in [1.54, 1.807) is 0 Å². The van der Waals surface area contributed by atoms with Crippen LogP contribution in [-0.4, -0.2) is 14.7 Å². The molecule has 1 aliphatic carbocycles. The predicted octanol–water partition coefficient (Wildman–Crippen LogP) is 3.96. The highest BCUT2D eigenvalue weighted by Gasteiger charge is 2.36. The fraction of sp³-hybridized carbons (Fsp3) is 0.438. The molecule has 1 atom stereocenters. The van der Waals surface area contributed by atoms with E-state index >= 15 is 0 Å². The molecule has 1 N–H and O–H groups in total. The lowest BCUT2D eigenvalue weighted by Gasteiger charge is -2.35. The van der Waals surface area contributed by atoms with Crippen molar-refractivity contribution < 1.29 is 4.92 Å². The second kappa shape index (κ2) is 5.12. The van der Waals surface area contributed by atoms with Crippen LogP contribution in [0, 0.1) is 16.0 Å². The van der Waals surface area contributed by atoms with Crippen molar-refractivity contribution in [3.8, 4) is 11.3 Å². The highest BCUT2D eigenvalue weighted by molar-refractivity contribution is 5.83. The minimum absolute atomic E-state index is 0.0129. The Hall–Kier alpha value is -2.37. The number of rotatable bonds is 2. The molecule has 0 spiro atoms. The minimum Gasteiger partial charge on any atom is -0.363 e. The number of hydrogen-bond acceptors (Lipinski definition) is 4. The maximum Gasteiger partial charge on any atom is 0.315 e. The first kappa shape index (κ1) is 13.3. The normalized spacial score (nSPS) is 20.8. The molecule has 0 saturated heterocycles. The first-order valence-corrected chi connectivity index (χ1v) is 7.83. The molecule has 114 valence electrons. The molecular weight excluding hydrogens is 280 g/mol. The number of nitrogens with zero attached hydrogens (tertiary/aromatic N) is 3. The fourth-order valence-corrected chi connectivity index (χ4v) is 3.76. The first-order chi connectivity index (χ1) is 10.8. The Morgan fingerprint density at radius 3 is 2.77 bits per heavy atom. The Kier molecular flexibility index (Phi) is 3.10. The molecule has 1 aliphatic heterocycles. The highest BCUT2D eigenvalue weighted by Crippen LogP contribution is 2.44. The summed E-state index contributed by atoms with van der Waals surface area (Å²) < 4.78 is 1.83. The van der Waals surface area contributed by atoms with E-state index in [0.717, 1.165) is 24.1 Å². The van der Waals surface area contributed by atoms with Gasteiger partial charge in [-0.2, -0.15) is 5.10 Å². The van der Waals surface area contributed by atoms with Gasteiger partial charge in [0.25, 0.3) is 0 Å². The summed E-state index contributed by atoms with van der Waals surface area (Å²) >= 11 is 0. The molecule has 2 heterocycles. The summed E-state index contributed by atoms with van der Waals surface area (Å²) in [6, 6.07) is 7.77. The molecule has 1 unspecified atom stereocenters. The van der Waals surface area contributed by atoms with E-state index in [1.165, 1.54) is 25.5 Å². The molecule has 1 saturated carbocycles. The molecule has 0 bridgehead atoms. The number of hydrogen-bond donors (Lipinski definition) is 1. The van der Waals surface area contributed by atoms with E-state index in [1.807, 2.05) is 28.9 Å². The monoisotopic (exact) mass is 298 g/mol. The second-order valence-corrected chi connectivity index (χ2v) is 6.11. The molecule has 6 nitrogen and oxygen atoms in total. The number of fused-ring (bicyclic) bond motifs is 3. The zero-order valence-corrected chi connectivity index (χ0v) is 12.2. The number of para-hydroxylation sites is 1. The van der Waals surface area contributed by atoms with Crippen molar-refractivity contribution in [2.75, 3.05) is 5.32 Å². The standard InChI is InChI=1S/C16H18N4O2/c21-20(22)14-10-17-19-15(14)12-8-4-5-9-13(12)18-16(19)11-6-2-1-3-7-11/h4-5,8-11,16,18H,1-3,6-7H2. The van der Waals surface area contributed by atoms with Gasteiger partial charge in [-0.3, -0.25) is 10.1 Å². The van der Waals surface area contributed by atoms with Gasteiger partial charge in [-0.15, -0.1) is 0 Å². The van der Waals surface area contributed by atoms with Crippen molar-refractivity contribution in [2.45, 2.75) is 38.3 Å². The Morgan fingerprint density at radius 1 is 1.23 bits per heavy atom. The summed E-state index contributed by atoms with van der Waals surface area (Å²) in [5.41, 5.74) is 2.55. The average Bonchev–Trinajstić information content (AvgIpc) is 3.00. The van der Waals surface area contributed by atoms with E-state index in [0.29, 0.717) is 11.6 Å². The molecular formula is C16H18N4O2. The van der Waals surface area contributed by atoms with Crippen molar-refractivity contribution in [3.63, 3.8) is 0 Å². The van der Waals surface area contributed by atoms with Crippen LogP contribution in [-0.2, 0) is 0 Å². The third-order valence-corrected chi connectivity index (χ3v) is 4.82. The lowest BCUT2D eigenvalue weighted by molar-refractivity contribution is -0.384. The number of benzene rings is 1. The maximum atomic E-state index is 11.4. The zero-order valence-electron chi connectivity index (χ0n) is 12.2. The van der Waals surface area contributed by atoms with Gasteiger partial charge in [0, 0.05) is 11.3 Å². The number of aromatic nitrogens is 2. The molecule has 4 rings (SSSR count). The Labute approximate surface area is 128 Å². The van der Waals surface area contributed by atoms with Crippen LogP contribution in [0.25, 0.3) is 11.3 Å². The Balaban J connectivity index is 1.84. The van der Waals surface area contributed by atoms with Gasteiger partial charge in [-0.25, -0.2) is 4.68 Å². The van der Waals surface area contributed by atoms with Crippen molar-refractivity contribution in [1.82, 2.24) is 9.78 Å². The van der Waals surface area contributed by atoms with Gasteiger partial charge in [0.2, 0.25) is 0 Å². The molecule has 2 aliphatic rings. The predicted molar refractivity (Wildman–Crippen MR) is 83.6 cm³/mol. The Morgan fingerprint density at radius 2 is 2.00 bits per heavy atom. The van der Waals surface area contributed by atoms with Crippen molar-refractivity contribution >= 4 is 11.4 Å². The van der Waals surface area contributed by atoms with Crippen LogP contribution >= 0.6 is 0 Å². The summed E-state index contributed by atoms with van der Waals surface area (Å²) in [6.45, 7) is 0. The van der Waals surface area contributed by atoms with Gasteiger partial charge < -0.3 is 5.32 Å². The average molecular weight is 298 g/mol. The van der Waals surface area contributed by atoms with Gasteiger partial charge in [0.05, 0.1) is 4.92 Å². The number of anilines is 1. The second-order valence-electron chi connectivity index (χ2n) is 6.11. The van der Waals surface area contributed by atoms with Crippen LogP contribution in [0.3, 0.4) is 0 Å². The van der Waals surface area contributed by atoms with Crippen LogP contribution in [0.15, 0.2) is 30.5 Å². The van der Waals surface area contributed by atoms with Crippen LogP contribution in [0.1, 0.15) is 38.3 Å². The minimum atomic E-state index is -0.334. The molecule has 1 fully saturated rings. The van der Waals surface area contributed by atoms with Crippen molar-refractivity contribution in [2.24, 2.45) is 5.92 Å². The fourth-order valence-electron chi connectivity index (χ4n) is 3.76. The summed E-state index contributed by atoms with van der Waals surface area (Å²) in [6.07, 6.45) is 7.42. The summed E-state index contributed by atoms with van der Waals surface area (Å²) in [5.74, 6) is 0.473. The zero-order chi connectivity index (χ0) is 15.1. The van der Waals surface area contributed by atoms with Gasteiger partial charge in [0.15, 0.2) is 5.69 Å². The summed E-state index contributed by atoms with van der Waals surface area (Å²) in [5, 5.41) is 19.3. The largest absolute Gasteiger partial charge is 0.363 e. The van der Waals surface area contributed by atoms with Crippen molar-refractivity contribution in [1.29, 1.82) is 0 Å². The summed E-state index contributed by atoms with van der Waals surface area (Å²) in [4.78, 5) is 11.0. The molecule has 0 radical (unpaired) electrons. The lowest BCUT2D eigenvalue weighted by atomic mass is 9.86. The van der Waals surface area contributed by atoms with Gasteiger partial charge in [0.1, 0.15) is 12.4 Å². The van der Waals surface area contributed by atoms with Crippen LogP contribution in [0.4, 0.5) is 11.4 Å². The molecule has 1 aromatic heterocycles. The third-order valence-electron chi connectivity index (χ3n) is 4.82. The molecule has 1 aromatic carbocycles. The summed E-state index contributed by atoms with van der Waals surface area (Å²) in [7, 11) is 0. The van der Waals surface area contributed by atoms with E-state index in [4.69, 9.17) is 0 Å². The van der Waals surface area contributed by atoms with E-state index in [9.17, 15) is 10.1 Å².